The van der Waals surface area contributed by atoms with E-state index in [1.165, 1.54) is 42.5 Å². The molecule has 0 amide bonds. The maximum atomic E-state index is 5.00. The second-order valence-corrected chi connectivity index (χ2v) is 5.95. The number of hydrogen-bond acceptors (Lipinski definition) is 3. The first-order valence-corrected chi connectivity index (χ1v) is 8.13. The average Bonchev–Trinajstić information content (AvgIpc) is 2.54. The minimum Gasteiger partial charge on any atom is -0.353 e. The smallest absolute Gasteiger partial charge is 0.134 e. The highest BCUT2D eigenvalue weighted by molar-refractivity contribution is 5.82. The molecule has 0 radical (unpaired) electrons. The molecule has 0 bridgehead atoms. The van der Waals surface area contributed by atoms with E-state index in [9.17, 15) is 0 Å². The molecule has 21 heavy (non-hydrogen) atoms. The van der Waals surface area contributed by atoms with Crippen LogP contribution in [-0.2, 0) is 6.54 Å². The molecule has 0 spiro atoms. The summed E-state index contributed by atoms with van der Waals surface area (Å²) in [6.07, 6.45) is 5.13. The average molecular weight is 283 g/mol. The van der Waals surface area contributed by atoms with Crippen molar-refractivity contribution in [2.24, 2.45) is 0 Å². The highest BCUT2D eigenvalue weighted by Crippen LogP contribution is 2.30. The topological polar surface area (TPSA) is 28.2 Å². The summed E-state index contributed by atoms with van der Waals surface area (Å²) in [7, 11) is 2.01. The van der Waals surface area contributed by atoms with E-state index < -0.39 is 0 Å². The Bertz CT molecular complexity index is 608. The summed E-state index contributed by atoms with van der Waals surface area (Å²) < 4.78 is 0. The van der Waals surface area contributed by atoms with Crippen molar-refractivity contribution < 1.29 is 0 Å². The van der Waals surface area contributed by atoms with Crippen LogP contribution in [0.3, 0.4) is 0 Å². The first-order valence-electron chi connectivity index (χ1n) is 8.13. The Kier molecular flexibility index (Phi) is 4.39. The number of piperidine rings is 1. The number of hydrogen-bond donors (Lipinski definition) is 1. The van der Waals surface area contributed by atoms with Gasteiger partial charge in [0.05, 0.1) is 5.52 Å². The third kappa shape index (κ3) is 2.88. The van der Waals surface area contributed by atoms with Crippen molar-refractivity contribution in [1.29, 1.82) is 0 Å². The summed E-state index contributed by atoms with van der Waals surface area (Å²) in [6.45, 7) is 4.31. The fraction of sp³-hybridized carbons (Fsp3) is 0.500. The van der Waals surface area contributed by atoms with Crippen molar-refractivity contribution in [3.05, 3.63) is 35.9 Å². The zero-order valence-corrected chi connectivity index (χ0v) is 13.1. The molecule has 1 aliphatic heterocycles. The van der Waals surface area contributed by atoms with Gasteiger partial charge in [-0.15, -0.1) is 0 Å². The number of benzene rings is 1. The summed E-state index contributed by atoms with van der Waals surface area (Å²) in [4.78, 5) is 7.55. The van der Waals surface area contributed by atoms with Gasteiger partial charge >= 0.3 is 0 Å². The van der Waals surface area contributed by atoms with E-state index in [1.807, 2.05) is 7.05 Å². The lowest BCUT2D eigenvalue weighted by atomic mass is 9.99. The monoisotopic (exact) mass is 283 g/mol. The van der Waals surface area contributed by atoms with Crippen LogP contribution in [0.4, 0.5) is 5.82 Å². The fourth-order valence-electron chi connectivity index (χ4n) is 3.42. The van der Waals surface area contributed by atoms with Crippen molar-refractivity contribution in [1.82, 2.24) is 10.3 Å². The van der Waals surface area contributed by atoms with E-state index in [1.54, 1.807) is 0 Å². The van der Waals surface area contributed by atoms with Gasteiger partial charge in [0.25, 0.3) is 0 Å². The zero-order valence-electron chi connectivity index (χ0n) is 13.1. The lowest BCUT2D eigenvalue weighted by Crippen LogP contribution is -2.40. The van der Waals surface area contributed by atoms with E-state index in [0.29, 0.717) is 6.04 Å². The first-order chi connectivity index (χ1) is 10.3. The Labute approximate surface area is 127 Å². The van der Waals surface area contributed by atoms with Crippen LogP contribution in [0, 0.1) is 0 Å². The van der Waals surface area contributed by atoms with Crippen molar-refractivity contribution in [3.8, 4) is 0 Å². The van der Waals surface area contributed by atoms with Gasteiger partial charge < -0.3 is 10.2 Å². The maximum Gasteiger partial charge on any atom is 0.134 e. The third-order valence-electron chi connectivity index (χ3n) is 4.52. The van der Waals surface area contributed by atoms with Crippen LogP contribution in [0.1, 0.15) is 38.2 Å². The van der Waals surface area contributed by atoms with E-state index in [-0.39, 0.29) is 0 Å². The summed E-state index contributed by atoms with van der Waals surface area (Å²) in [6, 6.07) is 11.4. The van der Waals surface area contributed by atoms with Crippen LogP contribution in [0.15, 0.2) is 30.3 Å². The number of nitrogens with one attached hydrogen (secondary N) is 1. The van der Waals surface area contributed by atoms with E-state index >= 15 is 0 Å². The summed E-state index contributed by atoms with van der Waals surface area (Å²) in [5.41, 5.74) is 2.42. The molecule has 3 heteroatoms. The Morgan fingerprint density at radius 2 is 2.14 bits per heavy atom. The van der Waals surface area contributed by atoms with Crippen LogP contribution in [0.25, 0.3) is 10.9 Å². The molecule has 1 saturated heterocycles. The lowest BCUT2D eigenvalue weighted by Gasteiger charge is -2.37. The molecule has 2 aromatic rings. The molecule has 0 saturated carbocycles. The second-order valence-electron chi connectivity index (χ2n) is 5.95. The summed E-state index contributed by atoms with van der Waals surface area (Å²) >= 11 is 0. The number of para-hydroxylation sites is 1. The highest BCUT2D eigenvalue weighted by Gasteiger charge is 2.24. The van der Waals surface area contributed by atoms with Crippen LogP contribution >= 0.6 is 0 Å². The number of nitrogens with zero attached hydrogens (tertiary/aromatic N) is 2. The Hall–Kier alpha value is -1.61. The summed E-state index contributed by atoms with van der Waals surface area (Å²) in [5, 5.41) is 4.53. The molecule has 1 aliphatic rings. The standard InChI is InChI=1S/C18H25N3/c1-3-16-9-6-7-11-21(16)18-15(13-19-2)12-14-8-4-5-10-17(14)20-18/h4-5,8,10,12,16,19H,3,6-7,9,11,13H2,1-2H3. The number of rotatable bonds is 4. The normalized spacial score (nSPS) is 19.1. The number of pyridine rings is 1. The molecule has 112 valence electrons. The van der Waals surface area contributed by atoms with Crippen molar-refractivity contribution in [3.63, 3.8) is 0 Å². The van der Waals surface area contributed by atoms with Crippen LogP contribution in [0.2, 0.25) is 0 Å². The quantitative estimate of drug-likeness (QED) is 0.927. The predicted octanol–water partition coefficient (Wildman–Crippen LogP) is 3.72. The Balaban J connectivity index is 2.07. The van der Waals surface area contributed by atoms with Gasteiger partial charge in [-0.2, -0.15) is 0 Å². The molecule has 0 aliphatic carbocycles. The molecular formula is C18H25N3. The number of fused-ring (bicyclic) bond motifs is 1. The third-order valence-corrected chi connectivity index (χ3v) is 4.52. The minimum absolute atomic E-state index is 0.642. The second kappa shape index (κ2) is 6.44. The van der Waals surface area contributed by atoms with Gasteiger partial charge in [-0.1, -0.05) is 25.1 Å². The number of anilines is 1. The van der Waals surface area contributed by atoms with Gasteiger partial charge in [0, 0.05) is 30.1 Å². The first kappa shape index (κ1) is 14.3. The minimum atomic E-state index is 0.642. The maximum absolute atomic E-state index is 5.00. The highest BCUT2D eigenvalue weighted by atomic mass is 15.2. The molecule has 1 fully saturated rings. The summed E-state index contributed by atoms with van der Waals surface area (Å²) in [5.74, 6) is 1.19. The molecule has 1 unspecified atom stereocenters. The number of aromatic nitrogens is 1. The van der Waals surface area contributed by atoms with Gasteiger partial charge in [-0.05, 0) is 44.9 Å². The molecule has 3 rings (SSSR count). The van der Waals surface area contributed by atoms with Gasteiger partial charge in [0.1, 0.15) is 5.82 Å². The van der Waals surface area contributed by atoms with Crippen molar-refractivity contribution >= 4 is 16.7 Å². The Morgan fingerprint density at radius 1 is 1.29 bits per heavy atom. The van der Waals surface area contributed by atoms with Crippen LogP contribution in [0.5, 0.6) is 0 Å². The molecule has 1 aromatic heterocycles. The van der Waals surface area contributed by atoms with Crippen molar-refractivity contribution in [2.45, 2.75) is 45.2 Å². The SMILES string of the molecule is CCC1CCCCN1c1nc2ccccc2cc1CNC. The molecule has 1 aromatic carbocycles. The predicted molar refractivity (Wildman–Crippen MR) is 89.8 cm³/mol. The van der Waals surface area contributed by atoms with Crippen molar-refractivity contribution in [2.75, 3.05) is 18.5 Å². The van der Waals surface area contributed by atoms with Crippen LogP contribution < -0.4 is 10.2 Å². The molecule has 1 N–H and O–H groups in total. The van der Waals surface area contributed by atoms with Crippen LogP contribution in [-0.4, -0.2) is 24.6 Å². The lowest BCUT2D eigenvalue weighted by molar-refractivity contribution is 0.446. The molecular weight excluding hydrogens is 258 g/mol. The van der Waals surface area contributed by atoms with E-state index in [2.05, 4.69) is 47.5 Å². The van der Waals surface area contributed by atoms with Gasteiger partial charge in [0.2, 0.25) is 0 Å². The largest absolute Gasteiger partial charge is 0.353 e. The van der Waals surface area contributed by atoms with Gasteiger partial charge in [-0.3, -0.25) is 0 Å². The van der Waals surface area contributed by atoms with E-state index in [0.717, 1.165) is 18.6 Å². The van der Waals surface area contributed by atoms with Gasteiger partial charge in [-0.25, -0.2) is 4.98 Å². The molecule has 3 nitrogen and oxygen atoms in total. The van der Waals surface area contributed by atoms with E-state index in [4.69, 9.17) is 4.98 Å². The Morgan fingerprint density at radius 3 is 2.95 bits per heavy atom. The fourth-order valence-corrected chi connectivity index (χ4v) is 3.42. The molecule has 1 atom stereocenters. The molecule has 2 heterocycles. The van der Waals surface area contributed by atoms with Gasteiger partial charge in [0.15, 0.2) is 0 Å². The zero-order chi connectivity index (χ0) is 14.7.